The van der Waals surface area contributed by atoms with Gasteiger partial charge in [0, 0.05) is 55.9 Å². The number of ether oxygens (including phenoxy) is 2. The van der Waals surface area contributed by atoms with E-state index in [9.17, 15) is 17.6 Å². The summed E-state index contributed by atoms with van der Waals surface area (Å²) in [5.41, 5.74) is 1.86. The molecule has 0 spiro atoms. The predicted molar refractivity (Wildman–Crippen MR) is 155 cm³/mol. The molecule has 2 atom stereocenters. The van der Waals surface area contributed by atoms with E-state index in [1.54, 1.807) is 48.9 Å². The second-order valence-corrected chi connectivity index (χ2v) is 10.9. The number of hydrogen-bond acceptors (Lipinski definition) is 10. The molecule has 43 heavy (non-hydrogen) atoms. The Balaban J connectivity index is 0.000000324. The average Bonchev–Trinajstić information content (AvgIpc) is 2.99. The number of alkyl halides is 1. The molecule has 12 nitrogen and oxygen atoms in total. The normalized spacial score (nSPS) is 16.4. The Morgan fingerprint density at radius 2 is 1.84 bits per heavy atom. The number of hydrogen-bond donors (Lipinski definition) is 3. The van der Waals surface area contributed by atoms with Gasteiger partial charge in [-0.15, -0.1) is 0 Å². The highest BCUT2D eigenvalue weighted by Gasteiger charge is 2.23. The maximum Gasteiger partial charge on any atom is 0.294 e. The van der Waals surface area contributed by atoms with Crippen LogP contribution >= 0.6 is 0 Å². The van der Waals surface area contributed by atoms with Crippen molar-refractivity contribution in [1.29, 1.82) is 0 Å². The fourth-order valence-electron chi connectivity index (χ4n) is 4.00. The molecule has 3 N–H and O–H groups in total. The largest absolute Gasteiger partial charge is 0.488 e. The number of carbonyl (C=O) groups is 1. The van der Waals surface area contributed by atoms with Crippen LogP contribution in [0.3, 0.4) is 0 Å². The predicted octanol–water partition coefficient (Wildman–Crippen LogP) is 3.80. The van der Waals surface area contributed by atoms with Crippen molar-refractivity contribution in [2.24, 2.45) is 0 Å². The number of aromatic nitrogens is 4. The highest BCUT2D eigenvalue weighted by Crippen LogP contribution is 2.30. The third-order valence-corrected chi connectivity index (χ3v) is 6.95. The van der Waals surface area contributed by atoms with Crippen molar-refractivity contribution in [3.05, 3.63) is 84.6 Å². The van der Waals surface area contributed by atoms with Crippen LogP contribution in [0, 0.1) is 6.92 Å². The number of pyridine rings is 2. The molecule has 1 aliphatic heterocycles. The Bertz CT molecular complexity index is 1620. The lowest BCUT2D eigenvalue weighted by atomic mass is 10.1. The van der Waals surface area contributed by atoms with Crippen molar-refractivity contribution in [3.8, 4) is 28.8 Å². The molecule has 0 radical (unpaired) electrons. The van der Waals surface area contributed by atoms with Crippen LogP contribution in [0.4, 0.5) is 4.39 Å². The molecule has 1 aromatic carbocycles. The SMILES string of the molecule is CCOc1cccnc1Oc1cncc(-c2ncc(C(=O)N[C@@H]3CNC[C@@H](F)C3)cn2)c1.Cc1ccc(S(=O)(=O)O)cc1. The van der Waals surface area contributed by atoms with Crippen LogP contribution in [0.1, 0.15) is 29.3 Å². The number of carbonyl (C=O) groups excluding carboxylic acids is 1. The monoisotopic (exact) mass is 610 g/mol. The number of amides is 1. The summed E-state index contributed by atoms with van der Waals surface area (Å²) in [5.74, 6) is 1.34. The van der Waals surface area contributed by atoms with Crippen LogP contribution in [0.2, 0.25) is 0 Å². The molecular weight excluding hydrogens is 579 g/mol. The second kappa shape index (κ2) is 14.6. The molecule has 3 aromatic heterocycles. The number of halogens is 1. The van der Waals surface area contributed by atoms with Crippen molar-refractivity contribution in [3.63, 3.8) is 0 Å². The Morgan fingerprint density at radius 3 is 2.51 bits per heavy atom. The number of nitrogens with zero attached hydrogens (tertiary/aromatic N) is 4. The third-order valence-electron chi connectivity index (χ3n) is 6.09. The first kappa shape index (κ1) is 31.4. The number of aryl methyl sites for hydroxylation is 1. The van der Waals surface area contributed by atoms with E-state index >= 15 is 0 Å². The van der Waals surface area contributed by atoms with Gasteiger partial charge in [-0.3, -0.25) is 14.3 Å². The standard InChI is InChI=1S/C22H23FN6O3.C7H8O3S/c1-2-31-19-4-3-5-26-22(19)32-18-6-14(8-24-13-18)20-27-9-15(10-28-20)21(30)29-17-7-16(23)11-25-12-17;1-6-2-4-7(5-3-6)11(8,9)10/h3-6,8-10,13,16-17,25H,2,7,11-12H2,1H3,(H,29,30);2-5H,1H3,(H,8,9,10)/t16-,17-;/m0./s1. The van der Waals surface area contributed by atoms with Crippen molar-refractivity contribution in [1.82, 2.24) is 30.6 Å². The molecule has 0 unspecified atom stereocenters. The number of piperidine rings is 1. The molecule has 1 saturated heterocycles. The van der Waals surface area contributed by atoms with Gasteiger partial charge in [0.2, 0.25) is 0 Å². The van der Waals surface area contributed by atoms with E-state index in [0.717, 1.165) is 5.56 Å². The molecule has 4 heterocycles. The van der Waals surface area contributed by atoms with Gasteiger partial charge in [0.25, 0.3) is 21.9 Å². The summed E-state index contributed by atoms with van der Waals surface area (Å²) in [7, 11) is -4.02. The molecule has 1 fully saturated rings. The van der Waals surface area contributed by atoms with E-state index in [-0.39, 0.29) is 23.3 Å². The van der Waals surface area contributed by atoms with E-state index in [0.29, 0.717) is 54.0 Å². The van der Waals surface area contributed by atoms with Crippen LogP contribution in [-0.4, -0.2) is 70.7 Å². The van der Waals surface area contributed by atoms with Gasteiger partial charge in [-0.2, -0.15) is 8.42 Å². The van der Waals surface area contributed by atoms with E-state index in [2.05, 4.69) is 30.6 Å². The Kier molecular flexibility index (Phi) is 10.6. The zero-order valence-electron chi connectivity index (χ0n) is 23.5. The minimum absolute atomic E-state index is 0.0666. The first-order valence-corrected chi connectivity index (χ1v) is 14.8. The lowest BCUT2D eigenvalue weighted by Crippen LogP contribution is -2.49. The van der Waals surface area contributed by atoms with Gasteiger partial charge < -0.3 is 20.1 Å². The third kappa shape index (κ3) is 9.23. The van der Waals surface area contributed by atoms with Crippen LogP contribution in [0.25, 0.3) is 11.4 Å². The zero-order valence-corrected chi connectivity index (χ0v) is 24.3. The fraction of sp³-hybridized carbons (Fsp3) is 0.276. The molecule has 5 rings (SSSR count). The summed E-state index contributed by atoms with van der Waals surface area (Å²) in [4.78, 5) is 29.3. The van der Waals surface area contributed by atoms with Gasteiger partial charge in [0.1, 0.15) is 11.9 Å². The lowest BCUT2D eigenvalue weighted by molar-refractivity contribution is 0.0918. The summed E-state index contributed by atoms with van der Waals surface area (Å²) in [6.07, 6.45) is 6.94. The van der Waals surface area contributed by atoms with Gasteiger partial charge in [-0.05, 0) is 44.2 Å². The molecule has 1 amide bonds. The smallest absolute Gasteiger partial charge is 0.294 e. The first-order valence-electron chi connectivity index (χ1n) is 13.3. The summed E-state index contributed by atoms with van der Waals surface area (Å²) < 4.78 is 54.4. The number of nitrogens with one attached hydrogen (secondary N) is 2. The summed E-state index contributed by atoms with van der Waals surface area (Å²) >= 11 is 0. The van der Waals surface area contributed by atoms with Gasteiger partial charge >= 0.3 is 0 Å². The Labute approximate surface area is 248 Å². The molecule has 0 saturated carbocycles. The first-order chi connectivity index (χ1) is 20.6. The van der Waals surface area contributed by atoms with E-state index in [4.69, 9.17) is 14.0 Å². The minimum atomic E-state index is -4.02. The van der Waals surface area contributed by atoms with Crippen molar-refractivity contribution in [2.45, 2.75) is 37.4 Å². The van der Waals surface area contributed by atoms with Gasteiger partial charge in [-0.1, -0.05) is 17.7 Å². The summed E-state index contributed by atoms with van der Waals surface area (Å²) in [6, 6.07) is 11.0. The van der Waals surface area contributed by atoms with Gasteiger partial charge in [0.05, 0.1) is 23.3 Å². The highest BCUT2D eigenvalue weighted by atomic mass is 32.2. The highest BCUT2D eigenvalue weighted by molar-refractivity contribution is 7.85. The van der Waals surface area contributed by atoms with Crippen LogP contribution in [-0.2, 0) is 10.1 Å². The van der Waals surface area contributed by atoms with Crippen LogP contribution < -0.4 is 20.1 Å². The van der Waals surface area contributed by atoms with Crippen LogP contribution in [0.5, 0.6) is 17.4 Å². The quantitative estimate of drug-likeness (QED) is 0.249. The molecule has 226 valence electrons. The summed E-state index contributed by atoms with van der Waals surface area (Å²) in [5, 5.41) is 5.76. The van der Waals surface area contributed by atoms with Gasteiger partial charge in [-0.25, -0.2) is 19.3 Å². The maximum atomic E-state index is 13.5. The molecule has 0 aliphatic carbocycles. The van der Waals surface area contributed by atoms with Crippen molar-refractivity contribution >= 4 is 16.0 Å². The summed E-state index contributed by atoms with van der Waals surface area (Å²) in [6.45, 7) is 5.05. The van der Waals surface area contributed by atoms with Crippen LogP contribution in [0.15, 0.2) is 78.3 Å². The lowest BCUT2D eigenvalue weighted by Gasteiger charge is -2.26. The molecular formula is C29H31FN6O6S. The van der Waals surface area contributed by atoms with E-state index in [1.165, 1.54) is 24.5 Å². The minimum Gasteiger partial charge on any atom is -0.488 e. The fourth-order valence-corrected chi connectivity index (χ4v) is 4.48. The van der Waals surface area contributed by atoms with Crippen molar-refractivity contribution < 1.29 is 31.6 Å². The maximum absolute atomic E-state index is 13.5. The number of benzene rings is 1. The Morgan fingerprint density at radius 1 is 1.09 bits per heavy atom. The van der Waals surface area contributed by atoms with E-state index in [1.807, 2.05) is 13.8 Å². The van der Waals surface area contributed by atoms with E-state index < -0.39 is 16.3 Å². The zero-order chi connectivity index (χ0) is 30.8. The molecule has 1 aliphatic rings. The van der Waals surface area contributed by atoms with Crippen molar-refractivity contribution in [2.75, 3.05) is 19.7 Å². The number of rotatable bonds is 8. The van der Waals surface area contributed by atoms with Gasteiger partial charge in [0.15, 0.2) is 11.6 Å². The molecule has 4 aromatic rings. The molecule has 14 heteroatoms. The second-order valence-electron chi connectivity index (χ2n) is 9.50. The Hall–Kier alpha value is -4.53. The average molecular weight is 611 g/mol. The molecule has 0 bridgehead atoms. The topological polar surface area (TPSA) is 166 Å².